The van der Waals surface area contributed by atoms with E-state index in [0.717, 1.165) is 5.56 Å². The minimum atomic E-state index is -0.491. The number of hydrogen-bond donors (Lipinski definition) is 0. The Labute approximate surface area is 149 Å². The zero-order valence-corrected chi connectivity index (χ0v) is 15.8. The first-order valence-electron chi connectivity index (χ1n) is 8.71. The highest BCUT2D eigenvalue weighted by Gasteiger charge is 2.27. The second kappa shape index (κ2) is 8.04. The van der Waals surface area contributed by atoms with Crippen LogP contribution >= 0.6 is 0 Å². The molecule has 0 aromatic heterocycles. The van der Waals surface area contributed by atoms with E-state index in [4.69, 9.17) is 9.47 Å². The second-order valence-electron chi connectivity index (χ2n) is 7.82. The van der Waals surface area contributed by atoms with Crippen molar-refractivity contribution in [1.82, 2.24) is 9.80 Å². The molecule has 0 spiro atoms. The van der Waals surface area contributed by atoms with E-state index in [0.29, 0.717) is 38.2 Å². The van der Waals surface area contributed by atoms with Crippen molar-refractivity contribution in [3.63, 3.8) is 0 Å². The Morgan fingerprint density at radius 1 is 1.24 bits per heavy atom. The molecular weight excluding hydrogens is 323 g/mol. The van der Waals surface area contributed by atoms with E-state index in [1.54, 1.807) is 4.90 Å². The number of rotatable bonds is 4. The summed E-state index contributed by atoms with van der Waals surface area (Å²) in [7, 11) is 3.88. The lowest BCUT2D eigenvalue weighted by atomic mass is 10.1. The van der Waals surface area contributed by atoms with Gasteiger partial charge in [-0.05, 0) is 52.6 Å². The van der Waals surface area contributed by atoms with Crippen molar-refractivity contribution in [2.45, 2.75) is 51.9 Å². The van der Waals surface area contributed by atoms with Crippen LogP contribution in [0.15, 0.2) is 18.2 Å². The first kappa shape index (κ1) is 19.5. The molecule has 0 atom stereocenters. The van der Waals surface area contributed by atoms with Crippen LogP contribution in [0.2, 0.25) is 0 Å². The van der Waals surface area contributed by atoms with E-state index < -0.39 is 5.60 Å². The molecule has 1 aromatic carbocycles. The molecule has 0 bridgehead atoms. The van der Waals surface area contributed by atoms with E-state index in [9.17, 15) is 9.18 Å². The summed E-state index contributed by atoms with van der Waals surface area (Å²) >= 11 is 0. The highest BCUT2D eigenvalue weighted by molar-refractivity contribution is 5.68. The molecule has 5 nitrogen and oxygen atoms in total. The predicted octanol–water partition coefficient (Wildman–Crippen LogP) is 3.67. The van der Waals surface area contributed by atoms with Gasteiger partial charge in [0.05, 0.1) is 0 Å². The summed E-state index contributed by atoms with van der Waals surface area (Å²) in [6, 6.07) is 4.82. The van der Waals surface area contributed by atoms with Crippen LogP contribution < -0.4 is 4.74 Å². The quantitative estimate of drug-likeness (QED) is 0.829. The Kier molecular flexibility index (Phi) is 6.27. The standard InChI is InChI=1S/C19H29FN2O3/c1-19(2,3)25-18(23)22-8-6-16(7-9-22)24-17-11-14(13-21(4)5)10-15(20)12-17/h10-12,16H,6-9,13H2,1-5H3. The lowest BCUT2D eigenvalue weighted by molar-refractivity contribution is 0.0126. The lowest BCUT2D eigenvalue weighted by Crippen LogP contribution is -2.44. The molecular formula is C19H29FN2O3. The summed E-state index contributed by atoms with van der Waals surface area (Å²) < 4.78 is 25.1. The summed E-state index contributed by atoms with van der Waals surface area (Å²) in [6.07, 6.45) is 1.11. The molecule has 0 aliphatic carbocycles. The number of hydrogen-bond acceptors (Lipinski definition) is 4. The molecule has 25 heavy (non-hydrogen) atoms. The summed E-state index contributed by atoms with van der Waals surface area (Å²) in [6.45, 7) is 7.40. The first-order chi connectivity index (χ1) is 11.6. The summed E-state index contributed by atoms with van der Waals surface area (Å²) in [5.41, 5.74) is 0.389. The smallest absolute Gasteiger partial charge is 0.410 e. The van der Waals surface area contributed by atoms with Crippen molar-refractivity contribution in [1.29, 1.82) is 0 Å². The van der Waals surface area contributed by atoms with Crippen molar-refractivity contribution in [2.24, 2.45) is 0 Å². The highest BCUT2D eigenvalue weighted by Crippen LogP contribution is 2.23. The maximum absolute atomic E-state index is 13.8. The van der Waals surface area contributed by atoms with E-state index >= 15 is 0 Å². The number of ether oxygens (including phenoxy) is 2. The third kappa shape index (κ3) is 6.53. The molecule has 140 valence electrons. The minimum Gasteiger partial charge on any atom is -0.490 e. The van der Waals surface area contributed by atoms with Crippen LogP contribution in [-0.4, -0.2) is 54.8 Å². The molecule has 0 N–H and O–H groups in total. The van der Waals surface area contributed by atoms with Gasteiger partial charge in [0.2, 0.25) is 0 Å². The average Bonchev–Trinajstić information content (AvgIpc) is 2.44. The third-order valence-electron chi connectivity index (χ3n) is 3.83. The average molecular weight is 352 g/mol. The molecule has 1 heterocycles. The van der Waals surface area contributed by atoms with Gasteiger partial charge in [-0.15, -0.1) is 0 Å². The molecule has 1 aliphatic rings. The van der Waals surface area contributed by atoms with Crippen LogP contribution in [0.25, 0.3) is 0 Å². The number of carbonyl (C=O) groups excluding carboxylic acids is 1. The molecule has 1 amide bonds. The largest absolute Gasteiger partial charge is 0.490 e. The van der Waals surface area contributed by atoms with Crippen LogP contribution in [-0.2, 0) is 11.3 Å². The number of piperidine rings is 1. The van der Waals surface area contributed by atoms with Gasteiger partial charge in [0.15, 0.2) is 0 Å². The van der Waals surface area contributed by atoms with Gasteiger partial charge in [-0.25, -0.2) is 9.18 Å². The number of carbonyl (C=O) groups is 1. The minimum absolute atomic E-state index is 0.0207. The zero-order chi connectivity index (χ0) is 18.6. The summed E-state index contributed by atoms with van der Waals surface area (Å²) in [5, 5.41) is 0. The fourth-order valence-corrected chi connectivity index (χ4v) is 2.82. The van der Waals surface area contributed by atoms with Crippen molar-refractivity contribution >= 4 is 6.09 Å². The summed E-state index contributed by atoms with van der Waals surface area (Å²) in [4.78, 5) is 15.8. The Hall–Kier alpha value is -1.82. The Morgan fingerprint density at radius 2 is 1.88 bits per heavy atom. The van der Waals surface area contributed by atoms with Crippen LogP contribution in [0.5, 0.6) is 5.75 Å². The van der Waals surface area contributed by atoms with Gasteiger partial charge in [-0.1, -0.05) is 0 Å². The first-order valence-corrected chi connectivity index (χ1v) is 8.71. The van der Waals surface area contributed by atoms with Gasteiger partial charge in [0.1, 0.15) is 23.3 Å². The molecule has 2 rings (SSSR count). The van der Waals surface area contributed by atoms with E-state index in [1.165, 1.54) is 12.1 Å². The van der Waals surface area contributed by atoms with Crippen LogP contribution in [0.1, 0.15) is 39.2 Å². The molecule has 1 aliphatic heterocycles. The lowest BCUT2D eigenvalue weighted by Gasteiger charge is -2.33. The summed E-state index contributed by atoms with van der Waals surface area (Å²) in [5.74, 6) is 0.258. The number of benzene rings is 1. The molecule has 1 aromatic rings. The zero-order valence-electron chi connectivity index (χ0n) is 15.8. The van der Waals surface area contributed by atoms with Gasteiger partial charge in [0, 0.05) is 38.5 Å². The van der Waals surface area contributed by atoms with Crippen molar-refractivity contribution in [3.05, 3.63) is 29.6 Å². The fourth-order valence-electron chi connectivity index (χ4n) is 2.82. The van der Waals surface area contributed by atoms with E-state index in [1.807, 2.05) is 45.8 Å². The number of halogens is 1. The molecule has 6 heteroatoms. The molecule has 0 saturated carbocycles. The normalized spacial score (nSPS) is 16.2. The fraction of sp³-hybridized carbons (Fsp3) is 0.632. The highest BCUT2D eigenvalue weighted by atomic mass is 19.1. The van der Waals surface area contributed by atoms with Crippen molar-refractivity contribution in [3.8, 4) is 5.75 Å². The Balaban J connectivity index is 1.90. The van der Waals surface area contributed by atoms with Crippen LogP contribution in [0, 0.1) is 5.82 Å². The number of amides is 1. The molecule has 1 saturated heterocycles. The van der Waals surface area contributed by atoms with Crippen LogP contribution in [0.4, 0.5) is 9.18 Å². The van der Waals surface area contributed by atoms with E-state index in [2.05, 4.69) is 0 Å². The van der Waals surface area contributed by atoms with Gasteiger partial charge in [-0.3, -0.25) is 0 Å². The van der Waals surface area contributed by atoms with Crippen molar-refractivity contribution in [2.75, 3.05) is 27.2 Å². The van der Waals surface area contributed by atoms with Gasteiger partial charge >= 0.3 is 6.09 Å². The maximum atomic E-state index is 13.8. The molecule has 1 fully saturated rings. The van der Waals surface area contributed by atoms with Gasteiger partial charge < -0.3 is 19.3 Å². The van der Waals surface area contributed by atoms with E-state index in [-0.39, 0.29) is 18.0 Å². The van der Waals surface area contributed by atoms with Gasteiger partial charge in [0.25, 0.3) is 0 Å². The SMILES string of the molecule is CN(C)Cc1cc(F)cc(OC2CCN(C(=O)OC(C)(C)C)CC2)c1. The Bertz CT molecular complexity index is 591. The number of likely N-dealkylation sites (tertiary alicyclic amines) is 1. The Morgan fingerprint density at radius 3 is 2.44 bits per heavy atom. The molecule has 0 radical (unpaired) electrons. The van der Waals surface area contributed by atoms with Crippen molar-refractivity contribution < 1.29 is 18.7 Å². The third-order valence-corrected chi connectivity index (χ3v) is 3.83. The van der Waals surface area contributed by atoms with Gasteiger partial charge in [-0.2, -0.15) is 0 Å². The maximum Gasteiger partial charge on any atom is 0.410 e. The van der Waals surface area contributed by atoms with Crippen LogP contribution in [0.3, 0.4) is 0 Å². The monoisotopic (exact) mass is 352 g/mol. The molecule has 0 unspecified atom stereocenters. The predicted molar refractivity (Wildman–Crippen MR) is 95.2 cm³/mol. The number of nitrogens with zero attached hydrogens (tertiary/aromatic N) is 2. The topological polar surface area (TPSA) is 42.0 Å². The second-order valence-corrected chi connectivity index (χ2v) is 7.82.